The molecule has 204 valence electrons. The first-order valence-corrected chi connectivity index (χ1v) is 13.5. The summed E-state index contributed by atoms with van der Waals surface area (Å²) in [6.45, 7) is 3.71. The molecule has 1 aliphatic rings. The molecule has 1 heterocycles. The van der Waals surface area contributed by atoms with Crippen molar-refractivity contribution in [2.75, 3.05) is 30.6 Å². The van der Waals surface area contributed by atoms with Crippen molar-refractivity contribution in [1.82, 2.24) is 5.32 Å². The van der Waals surface area contributed by atoms with Gasteiger partial charge in [0.25, 0.3) is 5.91 Å². The van der Waals surface area contributed by atoms with Crippen LogP contribution in [0.4, 0.5) is 11.4 Å². The van der Waals surface area contributed by atoms with Crippen molar-refractivity contribution >= 4 is 35.0 Å². The number of rotatable bonds is 9. The average Bonchev–Trinajstić information content (AvgIpc) is 2.96. The zero-order valence-corrected chi connectivity index (χ0v) is 23.5. The highest BCUT2D eigenvalue weighted by atomic mass is 32.2. The van der Waals surface area contributed by atoms with E-state index in [4.69, 9.17) is 9.47 Å². The monoisotopic (exact) mass is 554 g/mol. The van der Waals surface area contributed by atoms with E-state index in [-0.39, 0.29) is 17.6 Å². The lowest BCUT2D eigenvalue weighted by Crippen LogP contribution is -2.31. The van der Waals surface area contributed by atoms with Crippen LogP contribution in [-0.4, -0.2) is 31.8 Å². The molecule has 0 saturated heterocycles. The standard InChI is InChI=1S/C31H30N4O4S/c1-19-10-8-9-13-24(19)35-27(36)18-40-31-23(17-32)29(21-14-15-25(38-3)26(16-21)39-4)28(20(2)33-31)30(37)34-22-11-6-5-7-12-22/h5-16,29,33H,18H2,1-4H3,(H,34,37)(H,35,36)/t29-/m0/s1. The largest absolute Gasteiger partial charge is 0.493 e. The van der Waals surface area contributed by atoms with Crippen LogP contribution in [-0.2, 0) is 9.59 Å². The Labute approximate surface area is 238 Å². The number of benzene rings is 3. The summed E-state index contributed by atoms with van der Waals surface area (Å²) in [5, 5.41) is 19.9. The Morgan fingerprint density at radius 2 is 1.65 bits per heavy atom. The molecule has 3 N–H and O–H groups in total. The molecule has 0 unspecified atom stereocenters. The van der Waals surface area contributed by atoms with E-state index in [1.807, 2.05) is 55.5 Å². The fraction of sp³-hybridized carbons (Fsp3) is 0.194. The number of hydrogen-bond acceptors (Lipinski definition) is 7. The van der Waals surface area contributed by atoms with Crippen molar-refractivity contribution < 1.29 is 19.1 Å². The highest BCUT2D eigenvalue weighted by Crippen LogP contribution is 2.43. The van der Waals surface area contributed by atoms with E-state index in [2.05, 4.69) is 22.0 Å². The number of nitriles is 1. The van der Waals surface area contributed by atoms with Crippen LogP contribution in [0.1, 0.15) is 24.0 Å². The van der Waals surface area contributed by atoms with Gasteiger partial charge in [0.1, 0.15) is 0 Å². The minimum atomic E-state index is -0.711. The molecule has 0 saturated carbocycles. The lowest BCUT2D eigenvalue weighted by Gasteiger charge is -2.30. The van der Waals surface area contributed by atoms with Crippen molar-refractivity contribution in [2.45, 2.75) is 19.8 Å². The molecule has 8 nitrogen and oxygen atoms in total. The summed E-state index contributed by atoms with van der Waals surface area (Å²) in [5.74, 6) is -0.187. The van der Waals surface area contributed by atoms with Crippen molar-refractivity contribution in [3.63, 3.8) is 0 Å². The number of aryl methyl sites for hydroxylation is 1. The van der Waals surface area contributed by atoms with Crippen LogP contribution in [0, 0.1) is 18.3 Å². The topological polar surface area (TPSA) is 112 Å². The first-order valence-electron chi connectivity index (χ1n) is 12.5. The molecule has 0 bridgehead atoms. The summed E-state index contributed by atoms with van der Waals surface area (Å²) in [5.41, 5.74) is 4.29. The molecule has 0 fully saturated rings. The third-order valence-electron chi connectivity index (χ3n) is 6.43. The summed E-state index contributed by atoms with van der Waals surface area (Å²) in [4.78, 5) is 26.4. The number of hydrogen-bond donors (Lipinski definition) is 3. The molecule has 3 aromatic carbocycles. The fourth-order valence-corrected chi connectivity index (χ4v) is 5.34. The zero-order valence-electron chi connectivity index (χ0n) is 22.7. The van der Waals surface area contributed by atoms with Crippen LogP contribution in [0.15, 0.2) is 94.7 Å². The van der Waals surface area contributed by atoms with Crippen LogP contribution >= 0.6 is 11.8 Å². The van der Waals surface area contributed by atoms with Crippen LogP contribution < -0.4 is 25.4 Å². The third kappa shape index (κ3) is 6.30. The maximum Gasteiger partial charge on any atom is 0.254 e. The zero-order chi connectivity index (χ0) is 28.6. The number of allylic oxidation sites excluding steroid dienone is 2. The molecule has 2 amide bonds. The molecule has 0 aliphatic carbocycles. The van der Waals surface area contributed by atoms with Crippen LogP contribution in [0.5, 0.6) is 11.5 Å². The second-order valence-corrected chi connectivity index (χ2v) is 10.0. The molecule has 0 aromatic heterocycles. The van der Waals surface area contributed by atoms with Gasteiger partial charge in [-0.2, -0.15) is 5.26 Å². The van der Waals surface area contributed by atoms with Gasteiger partial charge >= 0.3 is 0 Å². The van der Waals surface area contributed by atoms with Gasteiger partial charge in [0.15, 0.2) is 11.5 Å². The minimum Gasteiger partial charge on any atom is -0.493 e. The summed E-state index contributed by atoms with van der Waals surface area (Å²) < 4.78 is 10.9. The van der Waals surface area contributed by atoms with Gasteiger partial charge in [-0.25, -0.2) is 0 Å². The molecule has 9 heteroatoms. The third-order valence-corrected chi connectivity index (χ3v) is 7.45. The van der Waals surface area contributed by atoms with Gasteiger partial charge in [0, 0.05) is 22.6 Å². The lowest BCUT2D eigenvalue weighted by molar-refractivity contribution is -0.114. The summed E-state index contributed by atoms with van der Waals surface area (Å²) >= 11 is 1.21. The van der Waals surface area contributed by atoms with E-state index in [9.17, 15) is 14.9 Å². The number of nitrogens with zero attached hydrogens (tertiary/aromatic N) is 1. The Bertz CT molecular complexity index is 1530. The number of para-hydroxylation sites is 2. The molecule has 1 aliphatic heterocycles. The second kappa shape index (κ2) is 12.9. The van der Waals surface area contributed by atoms with Gasteiger partial charge in [-0.05, 0) is 55.3 Å². The number of methoxy groups -OCH3 is 2. The molecule has 3 aromatic rings. The first-order chi connectivity index (χ1) is 19.4. The summed E-state index contributed by atoms with van der Waals surface area (Å²) in [6.07, 6.45) is 0. The Morgan fingerprint density at radius 3 is 2.33 bits per heavy atom. The van der Waals surface area contributed by atoms with Crippen molar-refractivity contribution in [3.8, 4) is 17.6 Å². The molecule has 0 spiro atoms. The van der Waals surface area contributed by atoms with Gasteiger partial charge < -0.3 is 25.4 Å². The van der Waals surface area contributed by atoms with Crippen molar-refractivity contribution in [2.24, 2.45) is 0 Å². The summed E-state index contributed by atoms with van der Waals surface area (Å²) in [6, 6.07) is 24.3. The number of thioether (sulfide) groups is 1. The predicted octanol–water partition coefficient (Wildman–Crippen LogP) is 5.72. The van der Waals surface area contributed by atoms with E-state index in [0.29, 0.717) is 44.6 Å². The number of dihydropyridines is 1. The van der Waals surface area contributed by atoms with Gasteiger partial charge in [-0.3, -0.25) is 9.59 Å². The number of nitrogens with one attached hydrogen (secondary N) is 3. The van der Waals surface area contributed by atoms with Crippen molar-refractivity contribution in [1.29, 1.82) is 5.26 Å². The minimum absolute atomic E-state index is 0.0688. The Balaban J connectivity index is 1.69. The van der Waals surface area contributed by atoms with E-state index >= 15 is 0 Å². The number of carbonyl (C=O) groups excluding carboxylic acids is 2. The van der Waals surface area contributed by atoms with Gasteiger partial charge in [0.2, 0.25) is 5.91 Å². The van der Waals surface area contributed by atoms with Crippen LogP contribution in [0.2, 0.25) is 0 Å². The maximum atomic E-state index is 13.6. The summed E-state index contributed by atoms with van der Waals surface area (Å²) in [7, 11) is 3.08. The number of amides is 2. The molecule has 0 radical (unpaired) electrons. The fourth-order valence-electron chi connectivity index (χ4n) is 4.45. The Hall–Kier alpha value is -4.68. The molecular weight excluding hydrogens is 524 g/mol. The maximum absolute atomic E-state index is 13.6. The average molecular weight is 555 g/mol. The smallest absolute Gasteiger partial charge is 0.254 e. The van der Waals surface area contributed by atoms with Gasteiger partial charge in [-0.1, -0.05) is 54.2 Å². The number of carbonyl (C=O) groups is 2. The van der Waals surface area contributed by atoms with E-state index in [1.165, 1.54) is 18.9 Å². The van der Waals surface area contributed by atoms with Crippen LogP contribution in [0.25, 0.3) is 0 Å². The molecule has 4 rings (SSSR count). The van der Waals surface area contributed by atoms with E-state index < -0.39 is 5.92 Å². The van der Waals surface area contributed by atoms with E-state index in [1.54, 1.807) is 38.3 Å². The quantitative estimate of drug-likeness (QED) is 0.310. The second-order valence-electron chi connectivity index (χ2n) is 9.04. The van der Waals surface area contributed by atoms with Crippen molar-refractivity contribution in [3.05, 3.63) is 106 Å². The normalized spacial score (nSPS) is 14.6. The number of ether oxygens (including phenoxy) is 2. The predicted molar refractivity (Wildman–Crippen MR) is 158 cm³/mol. The highest BCUT2D eigenvalue weighted by Gasteiger charge is 2.35. The van der Waals surface area contributed by atoms with Gasteiger partial charge in [-0.15, -0.1) is 0 Å². The molecule has 1 atom stereocenters. The lowest BCUT2D eigenvalue weighted by atomic mass is 9.82. The first kappa shape index (κ1) is 28.3. The van der Waals surface area contributed by atoms with E-state index in [0.717, 1.165) is 11.3 Å². The molecular formula is C31H30N4O4S. The Morgan fingerprint density at radius 1 is 0.950 bits per heavy atom. The van der Waals surface area contributed by atoms with Crippen LogP contribution in [0.3, 0.4) is 0 Å². The number of anilines is 2. The highest BCUT2D eigenvalue weighted by molar-refractivity contribution is 8.03. The van der Waals surface area contributed by atoms with Gasteiger partial charge in [0.05, 0.1) is 42.6 Å². The Kier molecular flexibility index (Phi) is 9.15. The SMILES string of the molecule is COc1ccc([C@H]2C(C#N)=C(SCC(=O)Nc3ccccc3C)NC(C)=C2C(=O)Nc2ccccc2)cc1OC. The molecule has 40 heavy (non-hydrogen) atoms.